The van der Waals surface area contributed by atoms with E-state index in [-0.39, 0.29) is 11.9 Å². The fourth-order valence-electron chi connectivity index (χ4n) is 3.82. The SMILES string of the molecule is COc1ccc(NC(C)(C)C(=O)N2Cc3nnc(C4CC4)n3[C@@H](C)C2)cc1. The number of aromatic nitrogens is 3. The van der Waals surface area contributed by atoms with Crippen molar-refractivity contribution in [2.75, 3.05) is 19.0 Å². The predicted molar refractivity (Wildman–Crippen MR) is 103 cm³/mol. The van der Waals surface area contributed by atoms with Crippen LogP contribution in [0.5, 0.6) is 5.75 Å². The molecule has 1 N–H and O–H groups in total. The van der Waals surface area contributed by atoms with Gasteiger partial charge in [0.1, 0.15) is 17.1 Å². The largest absolute Gasteiger partial charge is 0.497 e. The van der Waals surface area contributed by atoms with Crippen LogP contribution in [0.15, 0.2) is 24.3 Å². The van der Waals surface area contributed by atoms with E-state index in [1.807, 2.05) is 43.0 Å². The summed E-state index contributed by atoms with van der Waals surface area (Å²) in [4.78, 5) is 15.1. The van der Waals surface area contributed by atoms with Crippen LogP contribution in [0.1, 0.15) is 57.2 Å². The van der Waals surface area contributed by atoms with Crippen LogP contribution in [-0.2, 0) is 11.3 Å². The van der Waals surface area contributed by atoms with Crippen molar-refractivity contribution in [2.45, 2.75) is 57.7 Å². The van der Waals surface area contributed by atoms with Gasteiger partial charge in [0.2, 0.25) is 5.91 Å². The molecule has 0 saturated heterocycles. The number of hydrogen-bond acceptors (Lipinski definition) is 5. The summed E-state index contributed by atoms with van der Waals surface area (Å²) in [7, 11) is 1.64. The van der Waals surface area contributed by atoms with Crippen LogP contribution in [0.2, 0.25) is 0 Å². The molecule has 0 unspecified atom stereocenters. The van der Waals surface area contributed by atoms with Gasteiger partial charge in [0, 0.05) is 18.2 Å². The van der Waals surface area contributed by atoms with Crippen molar-refractivity contribution in [3.63, 3.8) is 0 Å². The van der Waals surface area contributed by atoms with E-state index in [4.69, 9.17) is 4.74 Å². The Labute approximate surface area is 159 Å². The minimum atomic E-state index is -0.726. The Bertz CT molecular complexity index is 839. The highest BCUT2D eigenvalue weighted by Gasteiger charge is 2.39. The van der Waals surface area contributed by atoms with Crippen molar-refractivity contribution in [2.24, 2.45) is 0 Å². The third-order valence-corrected chi connectivity index (χ3v) is 5.36. The lowest BCUT2D eigenvalue weighted by atomic mass is 10.0. The summed E-state index contributed by atoms with van der Waals surface area (Å²) in [5, 5.41) is 12.1. The second-order valence-corrected chi connectivity index (χ2v) is 8.13. The summed E-state index contributed by atoms with van der Waals surface area (Å²) in [6, 6.07) is 7.80. The first kappa shape index (κ1) is 17.8. The van der Waals surface area contributed by atoms with Gasteiger partial charge in [0.05, 0.1) is 19.7 Å². The Balaban J connectivity index is 1.49. The summed E-state index contributed by atoms with van der Waals surface area (Å²) in [5.74, 6) is 3.40. The van der Waals surface area contributed by atoms with Crippen LogP contribution >= 0.6 is 0 Å². The highest BCUT2D eigenvalue weighted by atomic mass is 16.5. The average Bonchev–Trinajstić information content (AvgIpc) is 3.40. The van der Waals surface area contributed by atoms with Crippen molar-refractivity contribution < 1.29 is 9.53 Å². The fraction of sp³-hybridized carbons (Fsp3) is 0.550. The smallest absolute Gasteiger partial charge is 0.248 e. The van der Waals surface area contributed by atoms with E-state index in [0.29, 0.717) is 19.0 Å². The van der Waals surface area contributed by atoms with Crippen molar-refractivity contribution >= 4 is 11.6 Å². The molecule has 1 aliphatic heterocycles. The molecular weight excluding hydrogens is 342 g/mol. The first-order valence-corrected chi connectivity index (χ1v) is 9.54. The summed E-state index contributed by atoms with van der Waals surface area (Å²) in [6.45, 7) is 7.16. The molecule has 0 spiro atoms. The molecule has 4 rings (SSSR count). The summed E-state index contributed by atoms with van der Waals surface area (Å²) < 4.78 is 7.43. The Morgan fingerprint density at radius 1 is 1.22 bits per heavy atom. The first-order valence-electron chi connectivity index (χ1n) is 9.54. The number of carbonyl (C=O) groups is 1. The molecule has 0 bridgehead atoms. The zero-order chi connectivity index (χ0) is 19.2. The molecule has 2 aliphatic rings. The number of nitrogens with one attached hydrogen (secondary N) is 1. The number of benzene rings is 1. The van der Waals surface area contributed by atoms with Crippen LogP contribution in [0, 0.1) is 0 Å². The monoisotopic (exact) mass is 369 g/mol. The number of nitrogens with zero attached hydrogens (tertiary/aromatic N) is 4. The van der Waals surface area contributed by atoms with Gasteiger partial charge < -0.3 is 19.5 Å². The maximum Gasteiger partial charge on any atom is 0.248 e. The van der Waals surface area contributed by atoms with Crippen molar-refractivity contribution in [3.05, 3.63) is 35.9 Å². The molecule has 1 saturated carbocycles. The quantitative estimate of drug-likeness (QED) is 0.877. The lowest BCUT2D eigenvalue weighted by molar-refractivity contribution is -0.137. The highest BCUT2D eigenvalue weighted by molar-refractivity contribution is 5.88. The van der Waals surface area contributed by atoms with Crippen molar-refractivity contribution in [1.29, 1.82) is 0 Å². The van der Waals surface area contributed by atoms with Crippen LogP contribution in [-0.4, -0.2) is 44.8 Å². The molecule has 1 aromatic heterocycles. The molecule has 1 atom stereocenters. The van der Waals surface area contributed by atoms with Gasteiger partial charge in [-0.25, -0.2) is 0 Å². The fourth-order valence-corrected chi connectivity index (χ4v) is 3.82. The molecule has 2 heterocycles. The van der Waals surface area contributed by atoms with E-state index < -0.39 is 5.54 Å². The minimum Gasteiger partial charge on any atom is -0.497 e. The third kappa shape index (κ3) is 3.38. The number of methoxy groups -OCH3 is 1. The molecule has 7 nitrogen and oxygen atoms in total. The summed E-state index contributed by atoms with van der Waals surface area (Å²) in [6.07, 6.45) is 2.40. The molecule has 0 radical (unpaired) electrons. The van der Waals surface area contributed by atoms with Gasteiger partial charge in [-0.3, -0.25) is 4.79 Å². The van der Waals surface area contributed by atoms with E-state index in [1.54, 1.807) is 7.11 Å². The molecular formula is C20H27N5O2. The van der Waals surface area contributed by atoms with Gasteiger partial charge in [-0.1, -0.05) is 0 Å². The Hall–Kier alpha value is -2.57. The second kappa shape index (κ2) is 6.55. The lowest BCUT2D eigenvalue weighted by Gasteiger charge is -2.38. The van der Waals surface area contributed by atoms with Crippen LogP contribution < -0.4 is 10.1 Å². The molecule has 1 amide bonds. The number of hydrogen-bond donors (Lipinski definition) is 1. The molecule has 1 fully saturated rings. The highest BCUT2D eigenvalue weighted by Crippen LogP contribution is 2.41. The number of fused-ring (bicyclic) bond motifs is 1. The second-order valence-electron chi connectivity index (χ2n) is 8.13. The van der Waals surface area contributed by atoms with Crippen LogP contribution in [0.25, 0.3) is 0 Å². The van der Waals surface area contributed by atoms with Crippen LogP contribution in [0.3, 0.4) is 0 Å². The number of amides is 1. The zero-order valence-corrected chi connectivity index (χ0v) is 16.4. The van der Waals surface area contributed by atoms with Gasteiger partial charge in [-0.2, -0.15) is 0 Å². The van der Waals surface area contributed by atoms with Gasteiger partial charge in [0.15, 0.2) is 5.82 Å². The van der Waals surface area contributed by atoms with E-state index in [9.17, 15) is 4.79 Å². The van der Waals surface area contributed by atoms with E-state index in [1.165, 1.54) is 12.8 Å². The minimum absolute atomic E-state index is 0.0624. The molecule has 1 aliphatic carbocycles. The molecule has 7 heteroatoms. The third-order valence-electron chi connectivity index (χ3n) is 5.36. The van der Waals surface area contributed by atoms with E-state index in [2.05, 4.69) is 27.0 Å². The lowest BCUT2D eigenvalue weighted by Crippen LogP contribution is -2.52. The first-order chi connectivity index (χ1) is 12.9. The number of anilines is 1. The Kier molecular flexibility index (Phi) is 4.32. The van der Waals surface area contributed by atoms with Gasteiger partial charge in [-0.05, 0) is 57.9 Å². The standard InChI is InChI=1S/C20H27N5O2/c1-13-11-24(12-17-22-23-18(25(13)17)14-5-6-14)19(26)20(2,3)21-15-7-9-16(27-4)10-8-15/h7-10,13-14,21H,5-6,11-12H2,1-4H3/t13-/m0/s1. The molecule has 27 heavy (non-hydrogen) atoms. The maximum absolute atomic E-state index is 13.2. The number of ether oxygens (including phenoxy) is 1. The van der Waals surface area contributed by atoms with Gasteiger partial charge >= 0.3 is 0 Å². The summed E-state index contributed by atoms with van der Waals surface area (Å²) in [5.41, 5.74) is 0.161. The van der Waals surface area contributed by atoms with E-state index >= 15 is 0 Å². The van der Waals surface area contributed by atoms with Gasteiger partial charge in [0.25, 0.3) is 0 Å². The normalized spacial score (nSPS) is 19.6. The Morgan fingerprint density at radius 3 is 2.56 bits per heavy atom. The van der Waals surface area contributed by atoms with Crippen molar-refractivity contribution in [3.8, 4) is 5.75 Å². The number of rotatable bonds is 5. The average molecular weight is 369 g/mol. The van der Waals surface area contributed by atoms with Crippen molar-refractivity contribution in [1.82, 2.24) is 19.7 Å². The van der Waals surface area contributed by atoms with E-state index in [0.717, 1.165) is 23.1 Å². The Morgan fingerprint density at radius 2 is 1.93 bits per heavy atom. The predicted octanol–water partition coefficient (Wildman–Crippen LogP) is 2.96. The zero-order valence-electron chi connectivity index (χ0n) is 16.4. The number of carbonyl (C=O) groups excluding carboxylic acids is 1. The molecule has 2 aromatic rings. The topological polar surface area (TPSA) is 72.3 Å². The molecule has 144 valence electrons. The molecule has 1 aromatic carbocycles. The van der Waals surface area contributed by atoms with Gasteiger partial charge in [-0.15, -0.1) is 10.2 Å². The van der Waals surface area contributed by atoms with Crippen LogP contribution in [0.4, 0.5) is 5.69 Å². The maximum atomic E-state index is 13.2. The summed E-state index contributed by atoms with van der Waals surface area (Å²) >= 11 is 0.